The van der Waals surface area contributed by atoms with E-state index in [0.717, 1.165) is 44.1 Å². The quantitative estimate of drug-likeness (QED) is 0.346. The van der Waals surface area contributed by atoms with Crippen molar-refractivity contribution in [3.63, 3.8) is 0 Å². The number of aliphatic imine (C=N–C) groups is 1. The fraction of sp³-hybridized carbons (Fsp3) is 0.700. The van der Waals surface area contributed by atoms with Crippen molar-refractivity contribution in [2.75, 3.05) is 0 Å². The van der Waals surface area contributed by atoms with Gasteiger partial charge in [-0.2, -0.15) is 0 Å². The molecule has 0 saturated heterocycles. The molecule has 0 N–H and O–H groups in total. The van der Waals surface area contributed by atoms with Gasteiger partial charge in [-0.05, 0) is 87.2 Å². The summed E-state index contributed by atoms with van der Waals surface area (Å²) in [7, 11) is 0. The van der Waals surface area contributed by atoms with Gasteiger partial charge in [0, 0.05) is 0 Å². The molecule has 3 rings (SSSR count). The normalized spacial score (nSPS) is 26.1. The lowest BCUT2D eigenvalue weighted by Gasteiger charge is -2.48. The molecule has 6 heteroatoms. The van der Waals surface area contributed by atoms with Crippen LogP contribution in [0, 0.1) is 16.7 Å². The predicted molar refractivity (Wildman–Crippen MR) is 148 cm³/mol. The molecule has 5 nitrogen and oxygen atoms in total. The van der Waals surface area contributed by atoms with Crippen molar-refractivity contribution >= 4 is 28.6 Å². The first-order chi connectivity index (χ1) is 16.6. The van der Waals surface area contributed by atoms with Crippen molar-refractivity contribution in [2.45, 2.75) is 118 Å². The smallest absolute Gasteiger partial charge is 0.338 e. The molecular weight excluding hydrogens is 472 g/mol. The van der Waals surface area contributed by atoms with Crippen molar-refractivity contribution < 1.29 is 14.3 Å². The van der Waals surface area contributed by atoms with Gasteiger partial charge in [0.15, 0.2) is 5.17 Å². The minimum atomic E-state index is -0.591. The average molecular weight is 517 g/mol. The average Bonchev–Trinajstić information content (AvgIpc) is 2.91. The fourth-order valence-corrected chi connectivity index (χ4v) is 5.89. The lowest BCUT2D eigenvalue weighted by molar-refractivity contribution is -0.142. The molecular formula is C30H45ClN2O3. The zero-order valence-electron chi connectivity index (χ0n) is 23.5. The van der Waals surface area contributed by atoms with Gasteiger partial charge in [-0.3, -0.25) is 4.79 Å². The van der Waals surface area contributed by atoms with Crippen molar-refractivity contribution in [1.82, 2.24) is 4.90 Å². The molecule has 1 unspecified atom stereocenters. The Balaban J connectivity index is 1.93. The summed E-state index contributed by atoms with van der Waals surface area (Å²) in [6.45, 7) is 17.3. The van der Waals surface area contributed by atoms with E-state index < -0.39 is 5.66 Å². The van der Waals surface area contributed by atoms with E-state index in [1.807, 2.05) is 37.0 Å². The molecule has 200 valence electrons. The van der Waals surface area contributed by atoms with Gasteiger partial charge in [-0.25, -0.2) is 9.79 Å². The number of ether oxygens (including phenoxy) is 1. The molecule has 0 aromatic heterocycles. The van der Waals surface area contributed by atoms with E-state index >= 15 is 0 Å². The molecule has 0 bridgehead atoms. The molecule has 1 saturated carbocycles. The Morgan fingerprint density at radius 2 is 1.78 bits per heavy atom. The maximum absolute atomic E-state index is 13.6. The molecule has 1 fully saturated rings. The predicted octanol–water partition coefficient (Wildman–Crippen LogP) is 7.36. The van der Waals surface area contributed by atoms with E-state index in [1.54, 1.807) is 0 Å². The number of amides is 1. The molecule has 1 amide bonds. The highest BCUT2D eigenvalue weighted by atomic mass is 35.5. The van der Waals surface area contributed by atoms with Crippen LogP contribution >= 0.6 is 11.6 Å². The highest BCUT2D eigenvalue weighted by Gasteiger charge is 2.52. The number of rotatable bonds is 6. The van der Waals surface area contributed by atoms with Gasteiger partial charge >= 0.3 is 5.97 Å². The van der Waals surface area contributed by atoms with Crippen LogP contribution in [0.1, 0.15) is 100 Å². The second-order valence-electron chi connectivity index (χ2n) is 13.2. The number of carbonyl (C=O) groups is 2. The number of hydrogen-bond donors (Lipinski definition) is 0. The number of allylic oxidation sites excluding steroid dienone is 2. The molecule has 0 radical (unpaired) electrons. The molecule has 1 atom stereocenters. The van der Waals surface area contributed by atoms with Gasteiger partial charge in [0.1, 0.15) is 5.66 Å². The van der Waals surface area contributed by atoms with Gasteiger partial charge < -0.3 is 9.64 Å². The van der Waals surface area contributed by atoms with Crippen LogP contribution in [0.4, 0.5) is 0 Å². The molecule has 1 heterocycles. The Hall–Kier alpha value is -1.88. The first-order valence-corrected chi connectivity index (χ1v) is 13.9. The van der Waals surface area contributed by atoms with Gasteiger partial charge in [-0.15, -0.1) is 0 Å². The van der Waals surface area contributed by atoms with E-state index in [4.69, 9.17) is 21.3 Å². The van der Waals surface area contributed by atoms with Crippen LogP contribution in [0.3, 0.4) is 0 Å². The van der Waals surface area contributed by atoms with E-state index in [2.05, 4.69) is 47.6 Å². The molecule has 36 heavy (non-hydrogen) atoms. The van der Waals surface area contributed by atoms with E-state index in [-0.39, 0.29) is 40.0 Å². The Morgan fingerprint density at radius 1 is 1.14 bits per heavy atom. The van der Waals surface area contributed by atoms with Gasteiger partial charge in [0.05, 0.1) is 17.7 Å². The van der Waals surface area contributed by atoms with Crippen LogP contribution < -0.4 is 0 Å². The number of halogens is 1. The maximum Gasteiger partial charge on any atom is 0.338 e. The highest BCUT2D eigenvalue weighted by molar-refractivity contribution is 6.83. The van der Waals surface area contributed by atoms with E-state index in [0.29, 0.717) is 17.9 Å². The molecule has 0 aromatic carbocycles. The van der Waals surface area contributed by atoms with Crippen LogP contribution in [0.2, 0.25) is 0 Å². The van der Waals surface area contributed by atoms with Crippen LogP contribution in [0.5, 0.6) is 0 Å². The summed E-state index contributed by atoms with van der Waals surface area (Å²) in [5.41, 5.74) is 1.34. The van der Waals surface area contributed by atoms with Crippen molar-refractivity contribution in [2.24, 2.45) is 21.7 Å². The van der Waals surface area contributed by atoms with Crippen molar-refractivity contribution in [3.8, 4) is 0 Å². The highest BCUT2D eigenvalue weighted by Crippen LogP contribution is 2.48. The monoisotopic (exact) mass is 516 g/mol. The van der Waals surface area contributed by atoms with Crippen LogP contribution in [-0.4, -0.2) is 39.8 Å². The lowest BCUT2D eigenvalue weighted by atomic mass is 9.69. The number of hydrogen-bond acceptors (Lipinski definition) is 4. The minimum Gasteiger partial charge on any atom is -0.459 e. The second kappa shape index (κ2) is 10.8. The number of nitrogens with zero attached hydrogens (tertiary/aromatic N) is 2. The third-order valence-corrected chi connectivity index (χ3v) is 8.00. The summed E-state index contributed by atoms with van der Waals surface area (Å²) in [4.78, 5) is 32.9. The fourth-order valence-electron chi connectivity index (χ4n) is 5.64. The Kier molecular flexibility index (Phi) is 8.65. The van der Waals surface area contributed by atoms with Crippen LogP contribution in [0.25, 0.3) is 0 Å². The third kappa shape index (κ3) is 6.70. The zero-order valence-corrected chi connectivity index (χ0v) is 24.2. The summed E-state index contributed by atoms with van der Waals surface area (Å²) >= 11 is 6.47. The summed E-state index contributed by atoms with van der Waals surface area (Å²) in [6.07, 6.45) is 13.7. The number of esters is 1. The topological polar surface area (TPSA) is 59.0 Å². The van der Waals surface area contributed by atoms with E-state index in [9.17, 15) is 9.59 Å². The minimum absolute atomic E-state index is 0.0995. The van der Waals surface area contributed by atoms with Gasteiger partial charge in [0.2, 0.25) is 0 Å². The molecule has 3 aliphatic rings. The summed E-state index contributed by atoms with van der Waals surface area (Å²) in [5, 5.41) is 0.0995. The summed E-state index contributed by atoms with van der Waals surface area (Å²) in [6, 6.07) is -0.159. The second-order valence-corrected chi connectivity index (χ2v) is 13.6. The van der Waals surface area contributed by atoms with Crippen molar-refractivity contribution in [3.05, 3.63) is 35.5 Å². The van der Waals surface area contributed by atoms with Gasteiger partial charge in [0.25, 0.3) is 5.91 Å². The number of carbonyl (C=O) groups excluding carboxylic acids is 2. The van der Waals surface area contributed by atoms with Gasteiger partial charge in [-0.1, -0.05) is 71.4 Å². The lowest BCUT2D eigenvalue weighted by Crippen LogP contribution is -2.55. The molecule has 1 aliphatic heterocycles. The van der Waals surface area contributed by atoms with Crippen LogP contribution in [-0.2, 0) is 14.3 Å². The largest absolute Gasteiger partial charge is 0.459 e. The van der Waals surface area contributed by atoms with E-state index in [1.165, 1.54) is 0 Å². The third-order valence-electron chi connectivity index (χ3n) is 7.75. The standard InChI is InChI=1S/C30H45ClN2O3/c1-20(2)36-27(35)22-11-9-10-21(12-13-22)24(16-17-28(3,4)5)33-26(34)25(31)32-30(33)18-14-23(15-19-30)29(6,7)8/h10-13,20,23-24H,9,14-19H2,1-8H3. The SMILES string of the molecule is CC(C)OC(=O)C1=CCC=C(C(CCC(C)(C)C)N2C(=O)C(Cl)=NC23CCC(C(C)(C)C)CC3)C=C1. The Bertz CT molecular complexity index is 967. The first-order valence-electron chi connectivity index (χ1n) is 13.5. The van der Waals surface area contributed by atoms with Crippen molar-refractivity contribution in [1.29, 1.82) is 0 Å². The van der Waals surface area contributed by atoms with Crippen LogP contribution in [0.15, 0.2) is 40.4 Å². The zero-order chi connectivity index (χ0) is 26.9. The Morgan fingerprint density at radius 3 is 2.33 bits per heavy atom. The maximum atomic E-state index is 13.6. The summed E-state index contributed by atoms with van der Waals surface area (Å²) in [5.74, 6) is 0.108. The Labute approximate surface area is 223 Å². The molecule has 2 aliphatic carbocycles. The molecule has 1 spiro atoms. The molecule has 0 aromatic rings. The first kappa shape index (κ1) is 28.7. The summed E-state index contributed by atoms with van der Waals surface area (Å²) < 4.78 is 5.41.